The van der Waals surface area contributed by atoms with Crippen molar-refractivity contribution in [1.82, 2.24) is 20.1 Å². The third-order valence-corrected chi connectivity index (χ3v) is 4.87. The quantitative estimate of drug-likeness (QED) is 0.429. The summed E-state index contributed by atoms with van der Waals surface area (Å²) >= 11 is 5.81. The first kappa shape index (κ1) is 23.0. The SMILES string of the molecule is CC(C(=O)Nc1ccc(NC(=O)CCCNC(=O)c2ccc(Cl)cc2)cc1)n1cncn1. The number of hydrogen-bond acceptors (Lipinski definition) is 5. The number of benzene rings is 2. The Morgan fingerprint density at radius 1 is 1.00 bits per heavy atom. The van der Waals surface area contributed by atoms with E-state index in [1.807, 2.05) is 0 Å². The van der Waals surface area contributed by atoms with E-state index < -0.39 is 6.04 Å². The summed E-state index contributed by atoms with van der Waals surface area (Å²) in [5.74, 6) is -0.604. The lowest BCUT2D eigenvalue weighted by atomic mass is 10.2. The van der Waals surface area contributed by atoms with E-state index in [1.54, 1.807) is 55.5 Å². The molecule has 1 aromatic heterocycles. The van der Waals surface area contributed by atoms with Gasteiger partial charge in [-0.2, -0.15) is 5.10 Å². The van der Waals surface area contributed by atoms with Crippen LogP contribution < -0.4 is 16.0 Å². The zero-order chi connectivity index (χ0) is 22.9. The maximum absolute atomic E-state index is 12.3. The first-order valence-corrected chi connectivity index (χ1v) is 10.4. The van der Waals surface area contributed by atoms with Crippen LogP contribution in [0.15, 0.2) is 61.2 Å². The minimum absolute atomic E-state index is 0.165. The number of hydrogen-bond donors (Lipinski definition) is 3. The highest BCUT2D eigenvalue weighted by Gasteiger charge is 2.15. The molecule has 1 unspecified atom stereocenters. The van der Waals surface area contributed by atoms with Crippen molar-refractivity contribution in [2.75, 3.05) is 17.2 Å². The summed E-state index contributed by atoms with van der Waals surface area (Å²) in [7, 11) is 0. The normalized spacial score (nSPS) is 11.4. The molecule has 1 heterocycles. The van der Waals surface area contributed by atoms with Crippen molar-refractivity contribution in [2.24, 2.45) is 0 Å². The standard InChI is InChI=1S/C22H23ClN6O3/c1-15(29-14-24-13-26-29)21(31)28-19-10-8-18(9-11-19)27-20(30)3-2-12-25-22(32)16-4-6-17(23)7-5-16/h4-11,13-15H,2-3,12H2,1H3,(H,25,32)(H,27,30)(H,28,31). The summed E-state index contributed by atoms with van der Waals surface area (Å²) in [6.07, 6.45) is 3.61. The van der Waals surface area contributed by atoms with E-state index in [0.717, 1.165) is 0 Å². The van der Waals surface area contributed by atoms with E-state index >= 15 is 0 Å². The molecular weight excluding hydrogens is 432 g/mol. The van der Waals surface area contributed by atoms with Crippen molar-refractivity contribution in [2.45, 2.75) is 25.8 Å². The maximum atomic E-state index is 12.3. The van der Waals surface area contributed by atoms with Gasteiger partial charge in [0, 0.05) is 34.9 Å². The molecule has 0 bridgehead atoms. The van der Waals surface area contributed by atoms with Gasteiger partial charge < -0.3 is 16.0 Å². The summed E-state index contributed by atoms with van der Waals surface area (Å²) in [6, 6.07) is 12.9. The van der Waals surface area contributed by atoms with Gasteiger partial charge in [0.25, 0.3) is 5.91 Å². The van der Waals surface area contributed by atoms with Crippen molar-refractivity contribution in [1.29, 1.82) is 0 Å². The molecule has 9 nitrogen and oxygen atoms in total. The summed E-state index contributed by atoms with van der Waals surface area (Å²) in [5, 5.41) is 12.9. The van der Waals surface area contributed by atoms with Gasteiger partial charge in [0.1, 0.15) is 18.7 Å². The predicted octanol–water partition coefficient (Wildman–Crippen LogP) is 3.28. The molecule has 0 aliphatic heterocycles. The van der Waals surface area contributed by atoms with E-state index in [2.05, 4.69) is 26.0 Å². The van der Waals surface area contributed by atoms with Crippen LogP contribution >= 0.6 is 11.6 Å². The Bertz CT molecular complexity index is 1050. The van der Waals surface area contributed by atoms with Gasteiger partial charge in [0.05, 0.1) is 0 Å². The van der Waals surface area contributed by atoms with E-state index in [1.165, 1.54) is 17.3 Å². The predicted molar refractivity (Wildman–Crippen MR) is 121 cm³/mol. The average Bonchev–Trinajstić information content (AvgIpc) is 3.33. The number of nitrogens with zero attached hydrogens (tertiary/aromatic N) is 3. The van der Waals surface area contributed by atoms with Gasteiger partial charge in [-0.3, -0.25) is 14.4 Å². The van der Waals surface area contributed by atoms with Crippen molar-refractivity contribution in [3.05, 3.63) is 71.8 Å². The van der Waals surface area contributed by atoms with Gasteiger partial charge in [-0.15, -0.1) is 0 Å². The largest absolute Gasteiger partial charge is 0.352 e. The number of amides is 3. The summed E-state index contributed by atoms with van der Waals surface area (Å²) in [6.45, 7) is 2.10. The molecule has 166 valence electrons. The maximum Gasteiger partial charge on any atom is 0.251 e. The van der Waals surface area contributed by atoms with Crippen LogP contribution in [0.2, 0.25) is 5.02 Å². The molecule has 0 aliphatic rings. The van der Waals surface area contributed by atoms with Crippen molar-refractivity contribution in [3.63, 3.8) is 0 Å². The van der Waals surface area contributed by atoms with Gasteiger partial charge in [-0.05, 0) is 61.9 Å². The van der Waals surface area contributed by atoms with Crippen LogP contribution in [0.4, 0.5) is 11.4 Å². The minimum atomic E-state index is -0.503. The molecular formula is C22H23ClN6O3. The number of carbonyl (C=O) groups is 3. The number of carbonyl (C=O) groups excluding carboxylic acids is 3. The van der Waals surface area contributed by atoms with Gasteiger partial charge >= 0.3 is 0 Å². The molecule has 0 aliphatic carbocycles. The number of anilines is 2. The molecule has 10 heteroatoms. The van der Waals surface area contributed by atoms with Crippen LogP contribution in [0.1, 0.15) is 36.2 Å². The molecule has 0 spiro atoms. The summed E-state index contributed by atoms with van der Waals surface area (Å²) < 4.78 is 1.46. The highest BCUT2D eigenvalue weighted by molar-refractivity contribution is 6.30. The monoisotopic (exact) mass is 454 g/mol. The third-order valence-electron chi connectivity index (χ3n) is 4.62. The van der Waals surface area contributed by atoms with Gasteiger partial charge in [0.2, 0.25) is 11.8 Å². The molecule has 0 fully saturated rings. The Labute approximate surface area is 190 Å². The van der Waals surface area contributed by atoms with E-state index in [9.17, 15) is 14.4 Å². The van der Waals surface area contributed by atoms with Crippen molar-refractivity contribution < 1.29 is 14.4 Å². The summed E-state index contributed by atoms with van der Waals surface area (Å²) in [4.78, 5) is 40.2. The fourth-order valence-electron chi connectivity index (χ4n) is 2.80. The second-order valence-corrected chi connectivity index (χ2v) is 7.47. The number of halogens is 1. The Morgan fingerprint density at radius 3 is 2.28 bits per heavy atom. The van der Waals surface area contributed by atoms with Crippen LogP contribution in [0.5, 0.6) is 0 Å². The number of nitrogens with one attached hydrogen (secondary N) is 3. The Balaban J connectivity index is 1.38. The third kappa shape index (κ3) is 6.64. The molecule has 32 heavy (non-hydrogen) atoms. The Kier molecular flexibility index (Phi) is 7.93. The van der Waals surface area contributed by atoms with Crippen LogP contribution in [-0.2, 0) is 9.59 Å². The average molecular weight is 455 g/mol. The highest BCUT2D eigenvalue weighted by Crippen LogP contribution is 2.16. The second-order valence-electron chi connectivity index (χ2n) is 7.03. The van der Waals surface area contributed by atoms with Crippen molar-refractivity contribution >= 4 is 40.7 Å². The molecule has 0 saturated heterocycles. The molecule has 0 saturated carbocycles. The van der Waals surface area contributed by atoms with E-state index in [4.69, 9.17) is 11.6 Å². The fourth-order valence-corrected chi connectivity index (χ4v) is 2.92. The first-order chi connectivity index (χ1) is 15.4. The first-order valence-electron chi connectivity index (χ1n) is 10.0. The highest BCUT2D eigenvalue weighted by atomic mass is 35.5. The minimum Gasteiger partial charge on any atom is -0.352 e. The molecule has 0 radical (unpaired) electrons. The zero-order valence-corrected chi connectivity index (χ0v) is 18.2. The zero-order valence-electron chi connectivity index (χ0n) is 17.4. The lowest BCUT2D eigenvalue weighted by Crippen LogP contribution is -2.25. The Hall–Kier alpha value is -3.72. The second kappa shape index (κ2) is 11.1. The van der Waals surface area contributed by atoms with Gasteiger partial charge in [-0.1, -0.05) is 11.6 Å². The molecule has 3 aromatic rings. The van der Waals surface area contributed by atoms with Crippen LogP contribution in [0.3, 0.4) is 0 Å². The van der Waals surface area contributed by atoms with Crippen LogP contribution in [0.25, 0.3) is 0 Å². The number of aromatic nitrogens is 3. The molecule has 3 N–H and O–H groups in total. The smallest absolute Gasteiger partial charge is 0.251 e. The lowest BCUT2D eigenvalue weighted by molar-refractivity contribution is -0.119. The molecule has 2 aromatic carbocycles. The van der Waals surface area contributed by atoms with Gasteiger partial charge in [0.15, 0.2) is 0 Å². The van der Waals surface area contributed by atoms with Crippen molar-refractivity contribution in [3.8, 4) is 0 Å². The fraction of sp³-hybridized carbons (Fsp3) is 0.227. The Morgan fingerprint density at radius 2 is 1.66 bits per heavy atom. The molecule has 3 rings (SSSR count). The summed E-state index contributed by atoms with van der Waals surface area (Å²) in [5.41, 5.74) is 1.73. The van der Waals surface area contributed by atoms with Gasteiger partial charge in [-0.25, -0.2) is 9.67 Å². The van der Waals surface area contributed by atoms with Crippen LogP contribution in [-0.4, -0.2) is 39.0 Å². The lowest BCUT2D eigenvalue weighted by Gasteiger charge is -2.12. The van der Waals surface area contributed by atoms with Crippen LogP contribution in [0, 0.1) is 0 Å². The topological polar surface area (TPSA) is 118 Å². The molecule has 1 atom stereocenters. The van der Waals surface area contributed by atoms with E-state index in [0.29, 0.717) is 34.9 Å². The molecule has 3 amide bonds. The number of rotatable bonds is 9. The van der Waals surface area contributed by atoms with E-state index in [-0.39, 0.29) is 24.1 Å².